The van der Waals surface area contributed by atoms with Gasteiger partial charge in [0.05, 0.1) is 12.7 Å². The minimum absolute atomic E-state index is 0.335. The fourth-order valence-corrected chi connectivity index (χ4v) is 2.24. The number of hydrogen-bond donors (Lipinski definition) is 2. The van der Waals surface area contributed by atoms with E-state index < -0.39 is 0 Å². The zero-order valence-electron chi connectivity index (χ0n) is 9.96. The van der Waals surface area contributed by atoms with Gasteiger partial charge in [-0.25, -0.2) is 10.8 Å². The van der Waals surface area contributed by atoms with Crippen molar-refractivity contribution in [3.05, 3.63) is 47.8 Å². The Hall–Kier alpha value is -1.79. The Balaban J connectivity index is 2.36. The predicted molar refractivity (Wildman–Crippen MR) is 71.2 cm³/mol. The number of amides is 1. The van der Waals surface area contributed by atoms with Gasteiger partial charge in [-0.3, -0.25) is 10.2 Å². The van der Waals surface area contributed by atoms with Crippen LogP contribution in [-0.4, -0.2) is 21.7 Å². The summed E-state index contributed by atoms with van der Waals surface area (Å²) < 4.78 is 1.85. The van der Waals surface area contributed by atoms with E-state index in [0.29, 0.717) is 12.2 Å². The maximum absolute atomic E-state index is 11.6. The molecule has 0 spiro atoms. The molecule has 1 heterocycles. The molecule has 94 valence electrons. The van der Waals surface area contributed by atoms with Crippen LogP contribution < -0.4 is 11.3 Å². The van der Waals surface area contributed by atoms with Gasteiger partial charge in [-0.15, -0.1) is 0 Å². The number of hydrazine groups is 1. The Morgan fingerprint density at radius 2 is 2.17 bits per heavy atom. The van der Waals surface area contributed by atoms with Gasteiger partial charge in [-0.05, 0) is 11.8 Å². The Bertz CT molecular complexity index is 538. The van der Waals surface area contributed by atoms with Gasteiger partial charge in [-0.2, -0.15) is 0 Å². The fourth-order valence-electron chi connectivity index (χ4n) is 1.70. The number of aromatic nitrogens is 2. The monoisotopic (exact) mass is 262 g/mol. The van der Waals surface area contributed by atoms with Crippen LogP contribution in [0.3, 0.4) is 0 Å². The smallest absolute Gasteiger partial charge is 0.283 e. The van der Waals surface area contributed by atoms with Crippen molar-refractivity contribution in [3.8, 4) is 0 Å². The molecule has 0 saturated heterocycles. The summed E-state index contributed by atoms with van der Waals surface area (Å²) in [6.45, 7) is 0.597. The van der Waals surface area contributed by atoms with Crippen molar-refractivity contribution >= 4 is 17.7 Å². The molecule has 0 aliphatic carbocycles. The van der Waals surface area contributed by atoms with Gasteiger partial charge < -0.3 is 4.57 Å². The lowest BCUT2D eigenvalue weighted by atomic mass is 10.2. The maximum atomic E-state index is 11.6. The third-order valence-electron chi connectivity index (χ3n) is 2.55. The quantitative estimate of drug-likeness (QED) is 0.376. The number of nitrogens with two attached hydrogens (primary N) is 1. The molecule has 1 amide bonds. The van der Waals surface area contributed by atoms with Crippen LogP contribution in [0.4, 0.5) is 0 Å². The van der Waals surface area contributed by atoms with Crippen molar-refractivity contribution in [1.82, 2.24) is 15.0 Å². The molecule has 2 rings (SSSR count). The lowest BCUT2D eigenvalue weighted by Crippen LogP contribution is -2.32. The Morgan fingerprint density at radius 1 is 1.44 bits per heavy atom. The Labute approximate surface area is 109 Å². The first kappa shape index (κ1) is 12.7. The summed E-state index contributed by atoms with van der Waals surface area (Å²) in [5, 5.41) is 0.789. The molecule has 0 atom stereocenters. The average Bonchev–Trinajstić information content (AvgIpc) is 2.82. The van der Waals surface area contributed by atoms with E-state index in [1.54, 1.807) is 0 Å². The van der Waals surface area contributed by atoms with E-state index in [0.717, 1.165) is 10.7 Å². The van der Waals surface area contributed by atoms with Gasteiger partial charge in [0.25, 0.3) is 5.91 Å². The fraction of sp³-hybridized carbons (Fsp3) is 0.167. The average molecular weight is 262 g/mol. The number of nitrogens with one attached hydrogen (secondary N) is 1. The molecule has 3 N–H and O–H groups in total. The van der Waals surface area contributed by atoms with E-state index in [9.17, 15) is 4.79 Å². The van der Waals surface area contributed by atoms with Gasteiger partial charge in [0, 0.05) is 0 Å². The van der Waals surface area contributed by atoms with Gasteiger partial charge >= 0.3 is 0 Å². The van der Waals surface area contributed by atoms with Crippen LogP contribution in [0.25, 0.3) is 0 Å². The van der Waals surface area contributed by atoms with E-state index in [1.807, 2.05) is 41.2 Å². The normalized spacial score (nSPS) is 10.3. The van der Waals surface area contributed by atoms with Gasteiger partial charge in [0.2, 0.25) is 0 Å². The Morgan fingerprint density at radius 3 is 2.78 bits per heavy atom. The first-order valence-corrected chi connectivity index (χ1v) is 6.63. The molecule has 0 bridgehead atoms. The van der Waals surface area contributed by atoms with Crippen molar-refractivity contribution in [2.75, 3.05) is 6.26 Å². The first-order valence-electron chi connectivity index (χ1n) is 5.40. The zero-order chi connectivity index (χ0) is 13.0. The highest BCUT2D eigenvalue weighted by Gasteiger charge is 2.15. The van der Waals surface area contributed by atoms with Crippen LogP contribution in [-0.2, 0) is 6.54 Å². The van der Waals surface area contributed by atoms with Gasteiger partial charge in [0.15, 0.2) is 5.16 Å². The molecule has 0 aliphatic heterocycles. The molecular weight excluding hydrogens is 248 g/mol. The van der Waals surface area contributed by atoms with Crippen LogP contribution in [0, 0.1) is 0 Å². The number of nitrogens with zero attached hydrogens (tertiary/aromatic N) is 2. The molecule has 0 fully saturated rings. The molecule has 1 aromatic carbocycles. The number of thioether (sulfide) groups is 1. The standard InChI is InChI=1S/C12H14N4OS/c1-18-12-14-7-10(11(17)15-13)16(12)8-9-5-3-2-4-6-9/h2-7H,8,13H2,1H3,(H,15,17). The summed E-state index contributed by atoms with van der Waals surface area (Å²) in [5.41, 5.74) is 3.71. The highest BCUT2D eigenvalue weighted by atomic mass is 32.2. The van der Waals surface area contributed by atoms with E-state index >= 15 is 0 Å². The highest BCUT2D eigenvalue weighted by molar-refractivity contribution is 7.98. The molecule has 0 unspecified atom stereocenters. The highest BCUT2D eigenvalue weighted by Crippen LogP contribution is 2.17. The second-order valence-electron chi connectivity index (χ2n) is 3.68. The predicted octanol–water partition coefficient (Wildman–Crippen LogP) is 1.26. The number of rotatable bonds is 4. The van der Waals surface area contributed by atoms with E-state index in [1.165, 1.54) is 18.0 Å². The summed E-state index contributed by atoms with van der Waals surface area (Å²) in [7, 11) is 0. The number of hydrogen-bond acceptors (Lipinski definition) is 4. The Kier molecular flexibility index (Phi) is 4.01. The minimum Gasteiger partial charge on any atom is -0.310 e. The summed E-state index contributed by atoms with van der Waals surface area (Å²) in [6.07, 6.45) is 3.46. The number of carbonyl (C=O) groups is 1. The second kappa shape index (κ2) is 5.70. The first-order chi connectivity index (χ1) is 8.76. The van der Waals surface area contributed by atoms with Crippen molar-refractivity contribution in [2.45, 2.75) is 11.7 Å². The molecule has 5 nitrogen and oxygen atoms in total. The van der Waals surface area contributed by atoms with Crippen LogP contribution >= 0.6 is 11.8 Å². The van der Waals surface area contributed by atoms with E-state index in [-0.39, 0.29) is 5.91 Å². The topological polar surface area (TPSA) is 72.9 Å². The summed E-state index contributed by atoms with van der Waals surface area (Å²) in [4.78, 5) is 15.9. The maximum Gasteiger partial charge on any atom is 0.283 e. The molecule has 2 aromatic rings. The second-order valence-corrected chi connectivity index (χ2v) is 4.45. The summed E-state index contributed by atoms with van der Waals surface area (Å²) in [5.74, 6) is 4.84. The molecule has 1 aromatic heterocycles. The molecule has 6 heteroatoms. The third-order valence-corrected chi connectivity index (χ3v) is 3.24. The van der Waals surface area contributed by atoms with Crippen LogP contribution in [0.1, 0.15) is 16.1 Å². The third kappa shape index (κ3) is 2.55. The number of imidazole rings is 1. The summed E-state index contributed by atoms with van der Waals surface area (Å²) >= 11 is 1.49. The van der Waals surface area contributed by atoms with Gasteiger partial charge in [-0.1, -0.05) is 42.1 Å². The van der Waals surface area contributed by atoms with Gasteiger partial charge in [0.1, 0.15) is 5.69 Å². The van der Waals surface area contributed by atoms with E-state index in [4.69, 9.17) is 5.84 Å². The summed E-state index contributed by atoms with van der Waals surface area (Å²) in [6, 6.07) is 9.91. The minimum atomic E-state index is -0.335. The molecule has 0 radical (unpaired) electrons. The molecule has 0 saturated carbocycles. The SMILES string of the molecule is CSc1ncc(C(=O)NN)n1Cc1ccccc1. The lowest BCUT2D eigenvalue weighted by Gasteiger charge is -2.09. The lowest BCUT2D eigenvalue weighted by molar-refractivity contribution is 0.0944. The number of nitrogen functional groups attached to an aromatic ring is 1. The van der Waals surface area contributed by atoms with E-state index in [2.05, 4.69) is 10.4 Å². The zero-order valence-corrected chi connectivity index (χ0v) is 10.8. The van der Waals surface area contributed by atoms with Crippen molar-refractivity contribution < 1.29 is 4.79 Å². The van der Waals surface area contributed by atoms with Crippen LogP contribution in [0.2, 0.25) is 0 Å². The van der Waals surface area contributed by atoms with Crippen molar-refractivity contribution in [2.24, 2.45) is 5.84 Å². The molecular formula is C12H14N4OS. The van der Waals surface area contributed by atoms with Crippen molar-refractivity contribution in [1.29, 1.82) is 0 Å². The molecule has 18 heavy (non-hydrogen) atoms. The van der Waals surface area contributed by atoms with Crippen molar-refractivity contribution in [3.63, 3.8) is 0 Å². The largest absolute Gasteiger partial charge is 0.310 e. The molecule has 0 aliphatic rings. The van der Waals surface area contributed by atoms with Crippen LogP contribution in [0.15, 0.2) is 41.7 Å². The number of benzene rings is 1. The van der Waals surface area contributed by atoms with Crippen LogP contribution in [0.5, 0.6) is 0 Å². The number of carbonyl (C=O) groups excluding carboxylic acids is 1.